The molecule has 0 aromatic heterocycles. The molecule has 0 unspecified atom stereocenters. The Morgan fingerprint density at radius 3 is 2.19 bits per heavy atom. The highest BCUT2D eigenvalue weighted by atomic mass is 35.5. The second kappa shape index (κ2) is 9.72. The summed E-state index contributed by atoms with van der Waals surface area (Å²) in [7, 11) is -1.01. The molecule has 1 amide bonds. The summed E-state index contributed by atoms with van der Waals surface area (Å²) in [6.45, 7) is -0.436. The smallest absolute Gasteiger partial charge is 0.264 e. The Hall–Kier alpha value is -3.23. The van der Waals surface area contributed by atoms with Crippen molar-refractivity contribution in [3.63, 3.8) is 0 Å². The van der Waals surface area contributed by atoms with E-state index in [4.69, 9.17) is 21.1 Å². The molecule has 0 fully saturated rings. The molecule has 9 heteroatoms. The summed E-state index contributed by atoms with van der Waals surface area (Å²) in [5.41, 5.74) is 0.805. The number of anilines is 2. The van der Waals surface area contributed by atoms with Crippen LogP contribution in [0.2, 0.25) is 5.02 Å². The third-order valence-corrected chi connectivity index (χ3v) is 6.44. The van der Waals surface area contributed by atoms with E-state index in [1.54, 1.807) is 48.5 Å². The van der Waals surface area contributed by atoms with Crippen molar-refractivity contribution in [3.8, 4) is 11.5 Å². The lowest BCUT2D eigenvalue weighted by Crippen LogP contribution is -2.38. The minimum atomic E-state index is -4.04. The average Bonchev–Trinajstić information content (AvgIpc) is 2.78. The molecule has 0 bridgehead atoms. The molecule has 3 aromatic carbocycles. The number of rotatable bonds is 8. The van der Waals surface area contributed by atoms with Crippen molar-refractivity contribution in [2.75, 3.05) is 30.4 Å². The number of benzene rings is 3. The zero-order valence-electron chi connectivity index (χ0n) is 16.9. The van der Waals surface area contributed by atoms with E-state index in [0.717, 1.165) is 4.31 Å². The number of halogens is 1. The van der Waals surface area contributed by atoms with Gasteiger partial charge in [-0.25, -0.2) is 8.42 Å². The molecule has 7 nitrogen and oxygen atoms in total. The van der Waals surface area contributed by atoms with Gasteiger partial charge in [-0.1, -0.05) is 17.7 Å². The standard InChI is InChI=1S/C22H21ClN2O5S/c1-29-19-10-8-18(9-11-19)25(31(27,28)21-12-6-16(23)7-13-21)15-22(26)24-17-4-3-5-20(14-17)30-2/h3-14H,15H2,1-2H3,(H,24,26). The molecule has 0 saturated carbocycles. The number of ether oxygens (including phenoxy) is 2. The number of carbonyl (C=O) groups excluding carboxylic acids is 1. The van der Waals surface area contributed by atoms with Crippen molar-refractivity contribution in [2.24, 2.45) is 0 Å². The first-order valence-electron chi connectivity index (χ1n) is 9.20. The van der Waals surface area contributed by atoms with Crippen LogP contribution in [0.4, 0.5) is 11.4 Å². The van der Waals surface area contributed by atoms with Gasteiger partial charge in [0.25, 0.3) is 10.0 Å². The van der Waals surface area contributed by atoms with Crippen molar-refractivity contribution in [1.29, 1.82) is 0 Å². The fraction of sp³-hybridized carbons (Fsp3) is 0.136. The van der Waals surface area contributed by atoms with E-state index in [9.17, 15) is 13.2 Å². The lowest BCUT2D eigenvalue weighted by Gasteiger charge is -2.24. The first-order chi connectivity index (χ1) is 14.8. The van der Waals surface area contributed by atoms with Crippen LogP contribution in [0.5, 0.6) is 11.5 Å². The third kappa shape index (κ3) is 5.48. The molecule has 0 atom stereocenters. The molecule has 0 spiro atoms. The maximum absolute atomic E-state index is 13.3. The van der Waals surface area contributed by atoms with E-state index in [0.29, 0.717) is 27.9 Å². The minimum absolute atomic E-state index is 0.0156. The molecule has 1 N–H and O–H groups in total. The summed E-state index contributed by atoms with van der Waals surface area (Å²) in [6, 6.07) is 18.9. The van der Waals surface area contributed by atoms with Crippen LogP contribution in [-0.4, -0.2) is 35.1 Å². The molecule has 3 rings (SSSR count). The molecule has 0 aliphatic heterocycles. The van der Waals surface area contributed by atoms with Crippen LogP contribution < -0.4 is 19.1 Å². The van der Waals surface area contributed by atoms with Gasteiger partial charge in [-0.05, 0) is 60.7 Å². The molecule has 0 heterocycles. The van der Waals surface area contributed by atoms with Crippen molar-refractivity contribution < 1.29 is 22.7 Å². The first-order valence-corrected chi connectivity index (χ1v) is 11.0. The van der Waals surface area contributed by atoms with E-state index in [1.807, 2.05) is 0 Å². The fourth-order valence-electron chi connectivity index (χ4n) is 2.83. The Morgan fingerprint density at radius 2 is 1.58 bits per heavy atom. The van der Waals surface area contributed by atoms with E-state index < -0.39 is 22.5 Å². The lowest BCUT2D eigenvalue weighted by molar-refractivity contribution is -0.114. The number of nitrogens with zero attached hydrogens (tertiary/aromatic N) is 1. The van der Waals surface area contributed by atoms with Crippen LogP contribution in [0.15, 0.2) is 77.7 Å². The van der Waals surface area contributed by atoms with Gasteiger partial charge in [0.1, 0.15) is 18.0 Å². The predicted octanol–water partition coefficient (Wildman–Crippen LogP) is 4.19. The summed E-state index contributed by atoms with van der Waals surface area (Å²) in [5, 5.41) is 3.11. The Labute approximate surface area is 186 Å². The van der Waals surface area contributed by atoms with Crippen LogP contribution >= 0.6 is 11.6 Å². The number of amides is 1. The Bertz CT molecular complexity index is 1150. The van der Waals surface area contributed by atoms with Crippen LogP contribution in [0.3, 0.4) is 0 Å². The third-order valence-electron chi connectivity index (χ3n) is 4.40. The topological polar surface area (TPSA) is 84.9 Å². The molecule has 0 radical (unpaired) electrons. The van der Waals surface area contributed by atoms with Crippen LogP contribution in [0.1, 0.15) is 0 Å². The SMILES string of the molecule is COc1ccc(N(CC(=O)Nc2cccc(OC)c2)S(=O)(=O)c2ccc(Cl)cc2)cc1. The maximum Gasteiger partial charge on any atom is 0.264 e. The summed E-state index contributed by atoms with van der Waals surface area (Å²) in [6.07, 6.45) is 0. The molecule has 31 heavy (non-hydrogen) atoms. The molecular formula is C22H21ClN2O5S. The number of sulfonamides is 1. The van der Waals surface area contributed by atoms with Crippen LogP contribution in [-0.2, 0) is 14.8 Å². The van der Waals surface area contributed by atoms with Gasteiger partial charge in [0.15, 0.2) is 0 Å². The normalized spacial score (nSPS) is 10.9. The maximum atomic E-state index is 13.3. The number of hydrogen-bond acceptors (Lipinski definition) is 5. The van der Waals surface area contributed by atoms with E-state index >= 15 is 0 Å². The Balaban J connectivity index is 1.93. The van der Waals surface area contributed by atoms with Crippen molar-refractivity contribution in [3.05, 3.63) is 77.8 Å². The average molecular weight is 461 g/mol. The highest BCUT2D eigenvalue weighted by Crippen LogP contribution is 2.27. The fourth-order valence-corrected chi connectivity index (χ4v) is 4.38. The lowest BCUT2D eigenvalue weighted by atomic mass is 10.3. The van der Waals surface area contributed by atoms with Crippen LogP contribution in [0, 0.1) is 0 Å². The second-order valence-electron chi connectivity index (χ2n) is 6.44. The summed E-state index contributed by atoms with van der Waals surface area (Å²) < 4.78 is 38.0. The molecule has 0 aliphatic carbocycles. The Kier molecular flexibility index (Phi) is 7.04. The van der Waals surface area contributed by atoms with Gasteiger partial charge < -0.3 is 14.8 Å². The van der Waals surface area contributed by atoms with E-state index in [2.05, 4.69) is 5.32 Å². The minimum Gasteiger partial charge on any atom is -0.497 e. The van der Waals surface area contributed by atoms with Gasteiger partial charge in [-0.2, -0.15) is 0 Å². The van der Waals surface area contributed by atoms with Gasteiger partial charge in [0.05, 0.1) is 24.8 Å². The number of carbonyl (C=O) groups is 1. The number of methoxy groups -OCH3 is 2. The summed E-state index contributed by atoms with van der Waals surface area (Å²) >= 11 is 5.89. The first kappa shape index (κ1) is 22.5. The van der Waals surface area contributed by atoms with Crippen molar-refractivity contribution in [1.82, 2.24) is 0 Å². The molecule has 0 saturated heterocycles. The predicted molar refractivity (Wildman–Crippen MR) is 121 cm³/mol. The van der Waals surface area contributed by atoms with Crippen molar-refractivity contribution >= 4 is 38.9 Å². The van der Waals surface area contributed by atoms with E-state index in [1.165, 1.54) is 38.5 Å². The van der Waals surface area contributed by atoms with Gasteiger partial charge in [0, 0.05) is 16.8 Å². The number of hydrogen-bond donors (Lipinski definition) is 1. The largest absolute Gasteiger partial charge is 0.497 e. The van der Waals surface area contributed by atoms with Gasteiger partial charge in [0.2, 0.25) is 5.91 Å². The molecule has 3 aromatic rings. The highest BCUT2D eigenvalue weighted by Gasteiger charge is 2.27. The monoisotopic (exact) mass is 460 g/mol. The molecular weight excluding hydrogens is 440 g/mol. The zero-order valence-corrected chi connectivity index (χ0v) is 18.5. The van der Waals surface area contributed by atoms with Gasteiger partial charge in [-0.15, -0.1) is 0 Å². The summed E-state index contributed by atoms with van der Waals surface area (Å²) in [5.74, 6) is 0.619. The quantitative estimate of drug-likeness (QED) is 0.544. The summed E-state index contributed by atoms with van der Waals surface area (Å²) in [4.78, 5) is 12.8. The van der Waals surface area contributed by atoms with Gasteiger partial charge >= 0.3 is 0 Å². The van der Waals surface area contributed by atoms with Crippen molar-refractivity contribution in [2.45, 2.75) is 4.90 Å². The second-order valence-corrected chi connectivity index (χ2v) is 8.74. The molecule has 162 valence electrons. The zero-order chi connectivity index (χ0) is 22.4. The van der Waals surface area contributed by atoms with E-state index in [-0.39, 0.29) is 4.90 Å². The number of nitrogens with one attached hydrogen (secondary N) is 1. The highest BCUT2D eigenvalue weighted by molar-refractivity contribution is 7.92. The molecule has 0 aliphatic rings. The Morgan fingerprint density at radius 1 is 0.935 bits per heavy atom. The van der Waals surface area contributed by atoms with Gasteiger partial charge in [-0.3, -0.25) is 9.10 Å². The van der Waals surface area contributed by atoms with Crippen LogP contribution in [0.25, 0.3) is 0 Å².